The molecule has 0 heterocycles. The van der Waals surface area contributed by atoms with Crippen LogP contribution in [0, 0.1) is 0 Å². The molecule has 0 unspecified atom stereocenters. The van der Waals surface area contributed by atoms with Crippen molar-refractivity contribution >= 4 is 12.1 Å². The van der Waals surface area contributed by atoms with E-state index < -0.39 is 17.7 Å². The summed E-state index contributed by atoms with van der Waals surface area (Å²) in [6.45, 7) is 7.09. The van der Waals surface area contributed by atoms with Gasteiger partial charge in [-0.25, -0.2) is 4.79 Å². The minimum absolute atomic E-state index is 0.188. The molecule has 0 spiro atoms. The van der Waals surface area contributed by atoms with E-state index in [1.807, 2.05) is 6.92 Å². The predicted octanol–water partition coefficient (Wildman–Crippen LogP) is 1.63. The van der Waals surface area contributed by atoms with E-state index in [9.17, 15) is 9.59 Å². The topological polar surface area (TPSA) is 64.6 Å². The van der Waals surface area contributed by atoms with Crippen molar-refractivity contribution in [1.29, 1.82) is 0 Å². The molecule has 5 nitrogen and oxygen atoms in total. The van der Waals surface area contributed by atoms with E-state index in [1.54, 1.807) is 32.9 Å². The Morgan fingerprint density at radius 1 is 1.31 bits per heavy atom. The number of hydrogen-bond donors (Lipinski definition) is 1. The molecule has 0 saturated carbocycles. The average Bonchev–Trinajstić information content (AvgIpc) is 2.12. The van der Waals surface area contributed by atoms with E-state index in [1.165, 1.54) is 0 Å². The van der Waals surface area contributed by atoms with Crippen LogP contribution < -0.4 is 5.32 Å². The van der Waals surface area contributed by atoms with Gasteiger partial charge in [-0.05, 0) is 27.7 Å². The summed E-state index contributed by atoms with van der Waals surface area (Å²) in [6.07, 6.45) is 2.84. The Labute approximate surface area is 95.8 Å². The summed E-state index contributed by atoms with van der Waals surface area (Å²) >= 11 is 0. The molecule has 0 aromatic carbocycles. The summed E-state index contributed by atoms with van der Waals surface area (Å²) in [5, 5.41) is 2.31. The van der Waals surface area contributed by atoms with Crippen LogP contribution >= 0.6 is 0 Å². The molecule has 0 aromatic rings. The molecule has 0 aliphatic heterocycles. The van der Waals surface area contributed by atoms with Gasteiger partial charge < -0.3 is 14.8 Å². The SMILES string of the molecule is C/C=C/COC(=O)CNC(=O)OC(C)(C)C. The zero-order valence-corrected chi connectivity index (χ0v) is 10.2. The largest absolute Gasteiger partial charge is 0.460 e. The quantitative estimate of drug-likeness (QED) is 0.588. The Balaban J connectivity index is 3.71. The number of carbonyl (C=O) groups excluding carboxylic acids is 2. The van der Waals surface area contributed by atoms with Crippen molar-refractivity contribution in [2.24, 2.45) is 0 Å². The van der Waals surface area contributed by atoms with Gasteiger partial charge in [-0.2, -0.15) is 0 Å². The number of hydrogen-bond acceptors (Lipinski definition) is 4. The van der Waals surface area contributed by atoms with E-state index in [-0.39, 0.29) is 13.2 Å². The van der Waals surface area contributed by atoms with E-state index in [2.05, 4.69) is 5.32 Å². The number of rotatable bonds is 4. The molecule has 0 rings (SSSR count). The highest BCUT2D eigenvalue weighted by Crippen LogP contribution is 2.05. The van der Waals surface area contributed by atoms with Gasteiger partial charge in [-0.1, -0.05) is 12.2 Å². The van der Waals surface area contributed by atoms with Crippen molar-refractivity contribution in [1.82, 2.24) is 5.32 Å². The highest BCUT2D eigenvalue weighted by atomic mass is 16.6. The molecule has 0 aromatic heterocycles. The first-order valence-corrected chi connectivity index (χ1v) is 5.09. The third-order valence-corrected chi connectivity index (χ3v) is 1.35. The third kappa shape index (κ3) is 9.05. The number of carbonyl (C=O) groups is 2. The van der Waals surface area contributed by atoms with Crippen LogP contribution in [0.25, 0.3) is 0 Å². The van der Waals surface area contributed by atoms with E-state index in [0.717, 1.165) is 0 Å². The molecule has 0 saturated heterocycles. The van der Waals surface area contributed by atoms with Gasteiger partial charge in [0.2, 0.25) is 0 Å². The van der Waals surface area contributed by atoms with Gasteiger partial charge in [-0.15, -0.1) is 0 Å². The van der Waals surface area contributed by atoms with Gasteiger partial charge in [0.1, 0.15) is 18.8 Å². The zero-order chi connectivity index (χ0) is 12.6. The van der Waals surface area contributed by atoms with Crippen LogP contribution in [-0.4, -0.2) is 30.8 Å². The molecule has 0 atom stereocenters. The zero-order valence-electron chi connectivity index (χ0n) is 10.2. The van der Waals surface area contributed by atoms with E-state index >= 15 is 0 Å². The number of nitrogens with one attached hydrogen (secondary N) is 1. The maximum atomic E-state index is 11.1. The van der Waals surface area contributed by atoms with Crippen molar-refractivity contribution in [3.05, 3.63) is 12.2 Å². The van der Waals surface area contributed by atoms with E-state index in [0.29, 0.717) is 0 Å². The highest BCUT2D eigenvalue weighted by Gasteiger charge is 2.16. The molecular formula is C11H19NO4. The Morgan fingerprint density at radius 3 is 2.44 bits per heavy atom. The van der Waals surface area contributed by atoms with Gasteiger partial charge in [0.15, 0.2) is 0 Å². The normalized spacial score (nSPS) is 11.2. The molecular weight excluding hydrogens is 210 g/mol. The molecule has 1 N–H and O–H groups in total. The third-order valence-electron chi connectivity index (χ3n) is 1.35. The first kappa shape index (κ1) is 14.5. The van der Waals surface area contributed by atoms with E-state index in [4.69, 9.17) is 9.47 Å². The second kappa shape index (κ2) is 6.87. The van der Waals surface area contributed by atoms with Crippen LogP contribution in [0.5, 0.6) is 0 Å². The molecule has 0 radical (unpaired) electrons. The average molecular weight is 229 g/mol. The van der Waals surface area contributed by atoms with Crippen LogP contribution in [0.2, 0.25) is 0 Å². The summed E-state index contributed by atoms with van der Waals surface area (Å²) in [4.78, 5) is 22.2. The second-order valence-corrected chi connectivity index (χ2v) is 4.11. The van der Waals surface area contributed by atoms with Gasteiger partial charge in [-0.3, -0.25) is 4.79 Å². The predicted molar refractivity (Wildman–Crippen MR) is 60.0 cm³/mol. The number of alkyl carbamates (subject to hydrolysis) is 1. The monoisotopic (exact) mass is 229 g/mol. The van der Waals surface area contributed by atoms with Crippen LogP contribution in [-0.2, 0) is 14.3 Å². The number of esters is 1. The van der Waals surface area contributed by atoms with Gasteiger partial charge in [0.25, 0.3) is 0 Å². The van der Waals surface area contributed by atoms with Crippen molar-refractivity contribution in [2.75, 3.05) is 13.2 Å². The lowest BCUT2D eigenvalue weighted by molar-refractivity contribution is -0.141. The maximum absolute atomic E-state index is 11.1. The summed E-state index contributed by atoms with van der Waals surface area (Å²) in [7, 11) is 0. The first-order valence-electron chi connectivity index (χ1n) is 5.09. The summed E-state index contributed by atoms with van der Waals surface area (Å²) in [5.74, 6) is -0.496. The van der Waals surface area contributed by atoms with Crippen molar-refractivity contribution < 1.29 is 19.1 Å². The summed E-state index contributed by atoms with van der Waals surface area (Å²) in [6, 6.07) is 0. The van der Waals surface area contributed by atoms with Gasteiger partial charge in [0.05, 0.1) is 0 Å². The first-order chi connectivity index (χ1) is 7.35. The highest BCUT2D eigenvalue weighted by molar-refractivity contribution is 5.78. The second-order valence-electron chi connectivity index (χ2n) is 4.11. The van der Waals surface area contributed by atoms with Crippen molar-refractivity contribution in [3.63, 3.8) is 0 Å². The lowest BCUT2D eigenvalue weighted by atomic mass is 10.2. The minimum atomic E-state index is -0.629. The molecule has 1 amide bonds. The molecule has 0 aliphatic rings. The van der Waals surface area contributed by atoms with Gasteiger partial charge in [0, 0.05) is 0 Å². The molecule has 0 aliphatic carbocycles. The van der Waals surface area contributed by atoms with Crippen LogP contribution in [0.3, 0.4) is 0 Å². The Kier molecular flexibility index (Phi) is 6.22. The number of allylic oxidation sites excluding steroid dienone is 1. The fraction of sp³-hybridized carbons (Fsp3) is 0.636. The lowest BCUT2D eigenvalue weighted by Gasteiger charge is -2.19. The molecule has 16 heavy (non-hydrogen) atoms. The Morgan fingerprint density at radius 2 is 1.94 bits per heavy atom. The summed E-state index contributed by atoms with van der Waals surface area (Å²) in [5.41, 5.74) is -0.570. The van der Waals surface area contributed by atoms with Crippen molar-refractivity contribution in [2.45, 2.75) is 33.3 Å². The maximum Gasteiger partial charge on any atom is 0.408 e. The molecule has 5 heteroatoms. The fourth-order valence-corrected chi connectivity index (χ4v) is 0.747. The van der Waals surface area contributed by atoms with Crippen molar-refractivity contribution in [3.8, 4) is 0 Å². The van der Waals surface area contributed by atoms with Gasteiger partial charge >= 0.3 is 12.1 Å². The minimum Gasteiger partial charge on any atom is -0.460 e. The summed E-state index contributed by atoms with van der Waals surface area (Å²) < 4.78 is 9.71. The number of amides is 1. The fourth-order valence-electron chi connectivity index (χ4n) is 0.747. The lowest BCUT2D eigenvalue weighted by Crippen LogP contribution is -2.36. The standard InChI is InChI=1S/C11H19NO4/c1-5-6-7-15-9(13)8-12-10(14)16-11(2,3)4/h5-6H,7-8H2,1-4H3,(H,12,14)/b6-5+. The molecule has 92 valence electrons. The number of ether oxygens (including phenoxy) is 2. The smallest absolute Gasteiger partial charge is 0.408 e. The Hall–Kier alpha value is -1.52. The Bertz CT molecular complexity index is 266. The molecule has 0 fully saturated rings. The van der Waals surface area contributed by atoms with Crippen LogP contribution in [0.1, 0.15) is 27.7 Å². The van der Waals surface area contributed by atoms with Crippen LogP contribution in [0.15, 0.2) is 12.2 Å². The molecule has 0 bridgehead atoms. The van der Waals surface area contributed by atoms with Crippen LogP contribution in [0.4, 0.5) is 4.79 Å².